The van der Waals surface area contributed by atoms with Crippen LogP contribution in [0.5, 0.6) is 11.5 Å². The molecule has 0 saturated carbocycles. The normalized spacial score (nSPS) is 17.3. The van der Waals surface area contributed by atoms with Crippen molar-refractivity contribution >= 4 is 29.4 Å². The van der Waals surface area contributed by atoms with E-state index in [1.54, 1.807) is 70.7 Å². The van der Waals surface area contributed by atoms with E-state index in [0.29, 0.717) is 40.4 Å². The summed E-state index contributed by atoms with van der Waals surface area (Å²) in [6.07, 6.45) is 1.20. The average Bonchev–Trinajstić information content (AvgIpc) is 3.42. The van der Waals surface area contributed by atoms with E-state index in [9.17, 15) is 19.2 Å². The van der Waals surface area contributed by atoms with Gasteiger partial charge in [-0.1, -0.05) is 23.7 Å². The van der Waals surface area contributed by atoms with Gasteiger partial charge in [-0.2, -0.15) is 5.10 Å². The van der Waals surface area contributed by atoms with Crippen LogP contribution in [0, 0.1) is 19.3 Å². The van der Waals surface area contributed by atoms with Crippen LogP contribution in [0.4, 0.5) is 0 Å². The van der Waals surface area contributed by atoms with Crippen LogP contribution in [0.25, 0.3) is 0 Å². The molecule has 0 aliphatic carbocycles. The lowest BCUT2D eigenvalue weighted by atomic mass is 9.82. The number of hydrogen-bond donors (Lipinski definition) is 2. The average molecular weight is 609 g/mol. The first kappa shape index (κ1) is 31.7. The number of nitrogens with zero attached hydrogens (tertiary/aromatic N) is 2. The number of nitrogens with one attached hydrogen (secondary N) is 2. The molecule has 3 atom stereocenters. The van der Waals surface area contributed by atoms with Gasteiger partial charge < -0.3 is 19.7 Å². The van der Waals surface area contributed by atoms with E-state index in [2.05, 4.69) is 15.5 Å². The maximum absolute atomic E-state index is 14.1. The highest BCUT2D eigenvalue weighted by Gasteiger charge is 2.50. The summed E-state index contributed by atoms with van der Waals surface area (Å²) in [6, 6.07) is 12.0. The molecule has 1 aromatic heterocycles. The standard InChI is InChI=1S/C32H37ClN4O6/c1-7-42-31(41)32(5,6)27-14-12-24(21-9-8-10-23(33)17-21)37(27)30(40)20(4)34-28(38)22-11-13-25(18(2)15-22)43-26-16-19(3)35-36-29(26)39/h8-11,13,15-17,20,24,27H,7,12,14H2,1-6H3,(H,34,38)(H,36,39)/t20-,24+,27-/m1/s1. The molecule has 10 nitrogen and oxygen atoms in total. The monoisotopic (exact) mass is 608 g/mol. The molecule has 0 unspecified atom stereocenters. The van der Waals surface area contributed by atoms with Crippen LogP contribution in [-0.2, 0) is 14.3 Å². The van der Waals surface area contributed by atoms with Gasteiger partial charge in [-0.05, 0) is 95.8 Å². The topological polar surface area (TPSA) is 131 Å². The molecule has 11 heteroatoms. The maximum Gasteiger partial charge on any atom is 0.313 e. The molecule has 0 radical (unpaired) electrons. The molecular formula is C32H37ClN4O6. The van der Waals surface area contributed by atoms with Gasteiger partial charge in [0.2, 0.25) is 5.91 Å². The van der Waals surface area contributed by atoms with E-state index in [-0.39, 0.29) is 30.3 Å². The second kappa shape index (κ2) is 13.0. The smallest absolute Gasteiger partial charge is 0.313 e. The number of H-pyrrole nitrogens is 1. The number of carbonyl (C=O) groups is 3. The van der Waals surface area contributed by atoms with E-state index >= 15 is 0 Å². The lowest BCUT2D eigenvalue weighted by molar-refractivity contribution is -0.159. The van der Waals surface area contributed by atoms with E-state index in [1.165, 1.54) is 6.07 Å². The molecule has 0 spiro atoms. The van der Waals surface area contributed by atoms with Crippen LogP contribution in [0.15, 0.2) is 53.3 Å². The number of aromatic amines is 1. The van der Waals surface area contributed by atoms with Crippen LogP contribution in [0.3, 0.4) is 0 Å². The van der Waals surface area contributed by atoms with Gasteiger partial charge in [0.15, 0.2) is 5.75 Å². The van der Waals surface area contributed by atoms with Crippen molar-refractivity contribution in [2.45, 2.75) is 72.5 Å². The Hall–Kier alpha value is -4.18. The van der Waals surface area contributed by atoms with Crippen molar-refractivity contribution in [1.82, 2.24) is 20.4 Å². The van der Waals surface area contributed by atoms with Gasteiger partial charge in [0.1, 0.15) is 11.8 Å². The summed E-state index contributed by atoms with van der Waals surface area (Å²) in [7, 11) is 0. The van der Waals surface area contributed by atoms with E-state index in [1.807, 2.05) is 18.2 Å². The zero-order chi connectivity index (χ0) is 31.5. The molecule has 0 bridgehead atoms. The number of aryl methyl sites for hydroxylation is 2. The van der Waals surface area contributed by atoms with Crippen LogP contribution < -0.4 is 15.6 Å². The van der Waals surface area contributed by atoms with Gasteiger partial charge in [0, 0.05) is 22.7 Å². The minimum Gasteiger partial charge on any atom is -0.466 e. The Morgan fingerprint density at radius 3 is 2.53 bits per heavy atom. The number of halogens is 1. The molecule has 1 aliphatic rings. The molecule has 3 aromatic rings. The van der Waals surface area contributed by atoms with Crippen molar-refractivity contribution in [3.05, 3.63) is 86.3 Å². The third-order valence-corrected chi connectivity index (χ3v) is 8.02. The summed E-state index contributed by atoms with van der Waals surface area (Å²) < 4.78 is 11.1. The van der Waals surface area contributed by atoms with Crippen molar-refractivity contribution in [3.8, 4) is 11.5 Å². The third kappa shape index (κ3) is 6.91. The summed E-state index contributed by atoms with van der Waals surface area (Å²) in [5.41, 5.74) is 0.936. The quantitative estimate of drug-likeness (QED) is 0.316. The number of benzene rings is 2. The Morgan fingerprint density at radius 1 is 1.12 bits per heavy atom. The van der Waals surface area contributed by atoms with E-state index in [4.69, 9.17) is 21.1 Å². The first-order chi connectivity index (χ1) is 20.3. The second-order valence-electron chi connectivity index (χ2n) is 11.3. The van der Waals surface area contributed by atoms with Crippen LogP contribution in [0.2, 0.25) is 5.02 Å². The van der Waals surface area contributed by atoms with Crippen molar-refractivity contribution in [2.75, 3.05) is 6.61 Å². The SMILES string of the molecule is CCOC(=O)C(C)(C)[C@H]1CC[C@@H](c2cccc(Cl)c2)N1C(=O)[C@@H](C)NC(=O)c1ccc(Oc2cc(C)n[nH]c2=O)c(C)c1. The number of esters is 1. The lowest BCUT2D eigenvalue weighted by Gasteiger charge is -2.39. The van der Waals surface area contributed by atoms with Crippen LogP contribution >= 0.6 is 11.6 Å². The Morgan fingerprint density at radius 2 is 1.86 bits per heavy atom. The molecule has 2 amide bonds. The maximum atomic E-state index is 14.1. The number of hydrogen-bond acceptors (Lipinski definition) is 7. The van der Waals surface area contributed by atoms with Crippen molar-refractivity contribution in [2.24, 2.45) is 5.41 Å². The number of likely N-dealkylation sites (tertiary alicyclic amines) is 1. The van der Waals surface area contributed by atoms with Crippen LogP contribution in [0.1, 0.15) is 73.8 Å². The van der Waals surface area contributed by atoms with Gasteiger partial charge in [0.05, 0.1) is 23.8 Å². The van der Waals surface area contributed by atoms with Crippen LogP contribution in [-0.4, -0.2) is 51.6 Å². The Bertz CT molecular complexity index is 1590. The van der Waals surface area contributed by atoms with Gasteiger partial charge in [-0.25, -0.2) is 5.10 Å². The highest BCUT2D eigenvalue weighted by Crippen LogP contribution is 2.44. The number of amides is 2. The highest BCUT2D eigenvalue weighted by atomic mass is 35.5. The summed E-state index contributed by atoms with van der Waals surface area (Å²) in [4.78, 5) is 54.1. The lowest BCUT2D eigenvalue weighted by Crippen LogP contribution is -2.54. The number of aromatic nitrogens is 2. The first-order valence-electron chi connectivity index (χ1n) is 14.2. The molecule has 2 heterocycles. The highest BCUT2D eigenvalue weighted by molar-refractivity contribution is 6.30. The molecule has 1 aliphatic heterocycles. The fourth-order valence-electron chi connectivity index (χ4n) is 5.47. The predicted molar refractivity (Wildman–Crippen MR) is 162 cm³/mol. The van der Waals surface area contributed by atoms with Crippen molar-refractivity contribution in [3.63, 3.8) is 0 Å². The molecule has 4 rings (SSSR count). The number of carbonyl (C=O) groups excluding carboxylic acids is 3. The molecule has 228 valence electrons. The molecule has 43 heavy (non-hydrogen) atoms. The third-order valence-electron chi connectivity index (χ3n) is 7.78. The van der Waals surface area contributed by atoms with Gasteiger partial charge in [0.25, 0.3) is 5.91 Å². The number of ether oxygens (including phenoxy) is 2. The zero-order valence-electron chi connectivity index (χ0n) is 25.2. The predicted octanol–water partition coefficient (Wildman–Crippen LogP) is 5.27. The van der Waals surface area contributed by atoms with Crippen molar-refractivity contribution < 1.29 is 23.9 Å². The molecule has 1 fully saturated rings. The Labute approximate surface area is 255 Å². The second-order valence-corrected chi connectivity index (χ2v) is 11.8. The largest absolute Gasteiger partial charge is 0.466 e. The summed E-state index contributed by atoms with van der Waals surface area (Å²) in [6.45, 7) is 10.7. The van der Waals surface area contributed by atoms with Gasteiger partial charge in [-0.15, -0.1) is 0 Å². The molecule has 2 aromatic carbocycles. The molecule has 2 N–H and O–H groups in total. The van der Waals surface area contributed by atoms with E-state index < -0.39 is 29.0 Å². The number of rotatable bonds is 9. The Balaban J connectivity index is 1.56. The summed E-state index contributed by atoms with van der Waals surface area (Å²) in [5, 5.41) is 9.58. The minimum atomic E-state index is -0.981. The van der Waals surface area contributed by atoms with E-state index in [0.717, 1.165) is 5.56 Å². The van der Waals surface area contributed by atoms with Gasteiger partial charge in [-0.3, -0.25) is 19.2 Å². The van der Waals surface area contributed by atoms with Crippen molar-refractivity contribution in [1.29, 1.82) is 0 Å². The summed E-state index contributed by atoms with van der Waals surface area (Å²) in [5.74, 6) is -0.660. The Kier molecular flexibility index (Phi) is 9.59. The summed E-state index contributed by atoms with van der Waals surface area (Å²) >= 11 is 6.29. The molecular weight excluding hydrogens is 572 g/mol. The first-order valence-corrected chi connectivity index (χ1v) is 14.6. The van der Waals surface area contributed by atoms with Gasteiger partial charge >= 0.3 is 11.5 Å². The fraction of sp³-hybridized carbons (Fsp3) is 0.406. The fourth-order valence-corrected chi connectivity index (χ4v) is 5.67. The molecule has 1 saturated heterocycles. The minimum absolute atomic E-state index is 0.0900. The zero-order valence-corrected chi connectivity index (χ0v) is 25.9.